The van der Waals surface area contributed by atoms with Crippen LogP contribution in [0.15, 0.2) is 29.4 Å². The minimum atomic E-state index is -0.152. The Kier molecular flexibility index (Phi) is 7.18. The van der Waals surface area contributed by atoms with Gasteiger partial charge in [-0.15, -0.1) is 0 Å². The molecule has 1 unspecified atom stereocenters. The summed E-state index contributed by atoms with van der Waals surface area (Å²) in [7, 11) is 3.50. The van der Waals surface area contributed by atoms with Crippen LogP contribution < -0.4 is 10.6 Å². The van der Waals surface area contributed by atoms with Gasteiger partial charge in [0.15, 0.2) is 5.96 Å². The normalized spacial score (nSPS) is 20.4. The number of hydrogen-bond donors (Lipinski definition) is 2. The highest BCUT2D eigenvalue weighted by atomic mass is 16.5. The highest BCUT2D eigenvalue weighted by Crippen LogP contribution is 2.23. The summed E-state index contributed by atoms with van der Waals surface area (Å²) in [6.07, 6.45) is 4.63. The number of aromatic nitrogens is 1. The van der Waals surface area contributed by atoms with Gasteiger partial charge < -0.3 is 20.3 Å². The summed E-state index contributed by atoms with van der Waals surface area (Å²) in [4.78, 5) is 22.4. The van der Waals surface area contributed by atoms with Gasteiger partial charge in [-0.1, -0.05) is 6.07 Å². The molecule has 0 aromatic carbocycles. The van der Waals surface area contributed by atoms with E-state index < -0.39 is 0 Å². The Hall–Kier alpha value is -2.15. The van der Waals surface area contributed by atoms with Gasteiger partial charge in [-0.3, -0.25) is 14.8 Å². The van der Waals surface area contributed by atoms with E-state index in [0.29, 0.717) is 19.0 Å². The van der Waals surface area contributed by atoms with Crippen molar-refractivity contribution in [2.45, 2.75) is 31.8 Å². The van der Waals surface area contributed by atoms with Crippen molar-refractivity contribution in [2.75, 3.05) is 40.3 Å². The first-order valence-electron chi connectivity index (χ1n) is 8.75. The smallest absolute Gasteiger partial charge is 0.241 e. The second-order valence-corrected chi connectivity index (χ2v) is 6.57. The predicted molar refractivity (Wildman–Crippen MR) is 98.5 cm³/mol. The number of guanidine groups is 1. The maximum Gasteiger partial charge on any atom is 0.241 e. The van der Waals surface area contributed by atoms with Crippen molar-refractivity contribution in [3.63, 3.8) is 0 Å². The lowest BCUT2D eigenvalue weighted by molar-refractivity contribution is -0.128. The number of rotatable bonds is 7. The molecule has 0 bridgehead atoms. The molecule has 1 aliphatic rings. The van der Waals surface area contributed by atoms with Crippen LogP contribution in [0.25, 0.3) is 0 Å². The Labute approximate surface area is 149 Å². The SMILES string of the molecule is CN=C(NCC(=O)N(C)CCc1ccccn1)NCC1(C)CCCO1. The van der Waals surface area contributed by atoms with Crippen molar-refractivity contribution in [2.24, 2.45) is 4.99 Å². The number of carbonyl (C=O) groups is 1. The molecule has 1 fully saturated rings. The summed E-state index contributed by atoms with van der Waals surface area (Å²) >= 11 is 0. The lowest BCUT2D eigenvalue weighted by Gasteiger charge is -2.25. The van der Waals surface area contributed by atoms with Gasteiger partial charge in [0.05, 0.1) is 12.1 Å². The van der Waals surface area contributed by atoms with Crippen molar-refractivity contribution in [1.82, 2.24) is 20.5 Å². The maximum atomic E-state index is 12.2. The average molecular weight is 347 g/mol. The predicted octanol–water partition coefficient (Wildman–Crippen LogP) is 0.817. The Morgan fingerprint density at radius 1 is 1.44 bits per heavy atom. The molecule has 2 rings (SSSR count). The molecule has 7 nitrogen and oxygen atoms in total. The Morgan fingerprint density at radius 2 is 2.28 bits per heavy atom. The molecule has 0 radical (unpaired) electrons. The van der Waals surface area contributed by atoms with Gasteiger partial charge in [0, 0.05) is 52.1 Å². The third-order valence-corrected chi connectivity index (χ3v) is 4.42. The van der Waals surface area contributed by atoms with E-state index in [0.717, 1.165) is 31.6 Å². The van der Waals surface area contributed by atoms with Crippen LogP contribution in [0.4, 0.5) is 0 Å². The van der Waals surface area contributed by atoms with Gasteiger partial charge in [0.25, 0.3) is 0 Å². The van der Waals surface area contributed by atoms with E-state index in [9.17, 15) is 4.79 Å². The third kappa shape index (κ3) is 6.34. The Bertz CT molecular complexity index is 570. The second kappa shape index (κ2) is 9.36. The molecule has 25 heavy (non-hydrogen) atoms. The monoisotopic (exact) mass is 347 g/mol. The average Bonchev–Trinajstić information content (AvgIpc) is 3.07. The van der Waals surface area contributed by atoms with E-state index in [1.807, 2.05) is 18.2 Å². The van der Waals surface area contributed by atoms with Crippen molar-refractivity contribution >= 4 is 11.9 Å². The van der Waals surface area contributed by atoms with Crippen molar-refractivity contribution in [1.29, 1.82) is 0 Å². The van der Waals surface area contributed by atoms with Crippen LogP contribution in [-0.4, -0.2) is 67.7 Å². The van der Waals surface area contributed by atoms with Crippen molar-refractivity contribution in [3.05, 3.63) is 30.1 Å². The first kappa shape index (κ1) is 19.2. The lowest BCUT2D eigenvalue weighted by Crippen LogP contribution is -2.48. The molecular formula is C18H29N5O2. The molecule has 2 N–H and O–H groups in total. The van der Waals surface area contributed by atoms with Crippen LogP contribution in [0.1, 0.15) is 25.5 Å². The van der Waals surface area contributed by atoms with E-state index in [1.54, 1.807) is 25.2 Å². The fourth-order valence-corrected chi connectivity index (χ4v) is 2.71. The Balaban J connectivity index is 1.69. The van der Waals surface area contributed by atoms with Gasteiger partial charge in [-0.2, -0.15) is 0 Å². The van der Waals surface area contributed by atoms with E-state index in [-0.39, 0.29) is 18.1 Å². The van der Waals surface area contributed by atoms with Crippen LogP contribution in [0.5, 0.6) is 0 Å². The quantitative estimate of drug-likeness (QED) is 0.564. The number of ether oxygens (including phenoxy) is 1. The number of likely N-dealkylation sites (N-methyl/N-ethyl adjacent to an activating group) is 1. The number of nitrogens with zero attached hydrogens (tertiary/aromatic N) is 3. The molecule has 1 aromatic heterocycles. The molecule has 0 spiro atoms. The summed E-state index contributed by atoms with van der Waals surface area (Å²) in [6, 6.07) is 5.81. The summed E-state index contributed by atoms with van der Waals surface area (Å²) in [5.41, 5.74) is 0.832. The maximum absolute atomic E-state index is 12.2. The minimum Gasteiger partial charge on any atom is -0.373 e. The fourth-order valence-electron chi connectivity index (χ4n) is 2.71. The highest BCUT2D eigenvalue weighted by Gasteiger charge is 2.29. The number of aliphatic imine (C=N–C) groups is 1. The number of amides is 1. The summed E-state index contributed by atoms with van der Waals surface area (Å²) < 4.78 is 5.75. The first-order valence-corrected chi connectivity index (χ1v) is 8.75. The zero-order valence-electron chi connectivity index (χ0n) is 15.4. The molecule has 138 valence electrons. The zero-order chi connectivity index (χ0) is 18.1. The number of carbonyl (C=O) groups excluding carboxylic acids is 1. The minimum absolute atomic E-state index is 0.0159. The Morgan fingerprint density at radius 3 is 2.92 bits per heavy atom. The van der Waals surface area contributed by atoms with E-state index >= 15 is 0 Å². The van der Waals surface area contributed by atoms with Crippen molar-refractivity contribution < 1.29 is 9.53 Å². The van der Waals surface area contributed by atoms with Gasteiger partial charge in [0.2, 0.25) is 5.91 Å². The first-order chi connectivity index (χ1) is 12.0. The number of pyridine rings is 1. The molecule has 2 heterocycles. The zero-order valence-corrected chi connectivity index (χ0v) is 15.4. The van der Waals surface area contributed by atoms with Gasteiger partial charge >= 0.3 is 0 Å². The lowest BCUT2D eigenvalue weighted by atomic mass is 10.0. The number of hydrogen-bond acceptors (Lipinski definition) is 4. The molecule has 1 aliphatic heterocycles. The molecule has 0 saturated carbocycles. The van der Waals surface area contributed by atoms with Gasteiger partial charge in [-0.05, 0) is 31.9 Å². The topological polar surface area (TPSA) is 78.9 Å². The van der Waals surface area contributed by atoms with E-state index in [2.05, 4.69) is 27.5 Å². The van der Waals surface area contributed by atoms with Crippen LogP contribution >= 0.6 is 0 Å². The molecular weight excluding hydrogens is 318 g/mol. The van der Waals surface area contributed by atoms with Crippen molar-refractivity contribution in [3.8, 4) is 0 Å². The summed E-state index contributed by atoms with van der Waals surface area (Å²) in [6.45, 7) is 4.42. The van der Waals surface area contributed by atoms with E-state index in [4.69, 9.17) is 4.74 Å². The number of nitrogens with one attached hydrogen (secondary N) is 2. The largest absolute Gasteiger partial charge is 0.373 e. The molecule has 1 saturated heterocycles. The molecule has 0 aliphatic carbocycles. The van der Waals surface area contributed by atoms with Gasteiger partial charge in [-0.25, -0.2) is 0 Å². The van der Waals surface area contributed by atoms with Crippen LogP contribution in [-0.2, 0) is 16.0 Å². The summed E-state index contributed by atoms with van der Waals surface area (Å²) in [5, 5.41) is 6.30. The van der Waals surface area contributed by atoms with Crippen LogP contribution in [0.2, 0.25) is 0 Å². The fraction of sp³-hybridized carbons (Fsp3) is 0.611. The van der Waals surface area contributed by atoms with Crippen LogP contribution in [0, 0.1) is 0 Å². The second-order valence-electron chi connectivity index (χ2n) is 6.57. The van der Waals surface area contributed by atoms with E-state index in [1.165, 1.54) is 0 Å². The molecule has 1 amide bonds. The molecule has 7 heteroatoms. The van der Waals surface area contributed by atoms with Gasteiger partial charge in [0.1, 0.15) is 0 Å². The summed E-state index contributed by atoms with van der Waals surface area (Å²) in [5.74, 6) is 0.630. The highest BCUT2D eigenvalue weighted by molar-refractivity contribution is 5.86. The third-order valence-electron chi connectivity index (χ3n) is 4.42. The standard InChI is InChI=1S/C18H29N5O2/c1-18(9-6-12-25-18)14-22-17(19-2)21-13-16(24)23(3)11-8-15-7-4-5-10-20-15/h4-5,7,10H,6,8-9,11-14H2,1-3H3,(H2,19,21,22). The molecule has 1 atom stereocenters. The van der Waals surface area contributed by atoms with Crippen LogP contribution in [0.3, 0.4) is 0 Å². The molecule has 1 aromatic rings.